The Labute approximate surface area is 667 Å². The molecule has 0 amide bonds. The van der Waals surface area contributed by atoms with E-state index in [-0.39, 0.29) is 0 Å². The van der Waals surface area contributed by atoms with Crippen molar-refractivity contribution >= 4 is 112 Å². The summed E-state index contributed by atoms with van der Waals surface area (Å²) in [5.74, 6) is 2.51. The summed E-state index contributed by atoms with van der Waals surface area (Å²) in [6.07, 6.45) is 23.3. The third-order valence-electron chi connectivity index (χ3n) is 21.5. The molecule has 0 fully saturated rings. The normalized spacial score (nSPS) is 12.1. The van der Waals surface area contributed by atoms with Crippen molar-refractivity contribution in [3.63, 3.8) is 0 Å². The van der Waals surface area contributed by atoms with Crippen molar-refractivity contribution in [2.24, 2.45) is 0 Å². The average molecular weight is 1490 g/mol. The molecule has 24 rings (SSSR count). The number of hydrogen-bond donors (Lipinski definition) is 0. The van der Waals surface area contributed by atoms with Gasteiger partial charge in [0.2, 0.25) is 0 Å². The topological polar surface area (TPSA) is 168 Å². The smallest absolute Gasteiger partial charge is 0.160 e. The van der Waals surface area contributed by atoms with Crippen LogP contribution in [0.3, 0.4) is 0 Å². The Balaban J connectivity index is 0.0000000966. The minimum Gasteiger partial charge on any atom is -0.309 e. The molecule has 116 heavy (non-hydrogen) atoms. The monoisotopic (exact) mass is 1490 g/mol. The zero-order valence-corrected chi connectivity index (χ0v) is 62.1. The second kappa shape index (κ2) is 29.2. The van der Waals surface area contributed by atoms with Gasteiger partial charge in [0.1, 0.15) is 30.6 Å². The first kappa shape index (κ1) is 67.9. The van der Waals surface area contributed by atoms with E-state index in [1.165, 1.54) is 54.9 Å². The van der Waals surface area contributed by atoms with Gasteiger partial charge in [-0.3, -0.25) is 29.7 Å². The Morgan fingerprint density at radius 1 is 0.207 bits per heavy atom. The molecule has 0 N–H and O–H groups in total. The summed E-state index contributed by atoms with van der Waals surface area (Å²) in [6, 6.07) is 107. The van der Waals surface area contributed by atoms with Crippen LogP contribution in [0.25, 0.3) is 133 Å². The van der Waals surface area contributed by atoms with Crippen LogP contribution in [0.2, 0.25) is 0 Å². The van der Waals surface area contributed by atoms with Gasteiger partial charge >= 0.3 is 0 Å². The highest BCUT2D eigenvalue weighted by Gasteiger charge is 2.33. The molecule has 0 saturated heterocycles. The molecule has 16 heteroatoms. The fraction of sp³-hybridized carbons (Fsp3) is 0. The van der Waals surface area contributed by atoms with Crippen LogP contribution in [0.15, 0.2) is 390 Å². The molecule has 0 bridgehead atoms. The molecule has 12 aromatic carbocycles. The number of aromatic nitrogens is 12. The van der Waals surface area contributed by atoms with E-state index in [9.17, 15) is 0 Å². The lowest BCUT2D eigenvalue weighted by Crippen LogP contribution is -2.17. The van der Waals surface area contributed by atoms with Crippen molar-refractivity contribution in [2.75, 3.05) is 19.6 Å². The highest BCUT2D eigenvalue weighted by molar-refractivity contribution is 6.17. The van der Waals surface area contributed by atoms with E-state index < -0.39 is 0 Å². The third kappa shape index (κ3) is 12.0. The number of fused-ring (bicyclic) bond motifs is 8. The Bertz CT molecular complexity index is 6250. The Kier molecular flexibility index (Phi) is 17.1. The van der Waals surface area contributed by atoms with Gasteiger partial charge in [0, 0.05) is 81.5 Å². The summed E-state index contributed by atoms with van der Waals surface area (Å²) in [7, 11) is 0. The molecule has 4 aliphatic rings. The van der Waals surface area contributed by atoms with E-state index >= 15 is 0 Å². The van der Waals surface area contributed by atoms with Gasteiger partial charge in [-0.25, -0.2) is 39.9 Å². The van der Waals surface area contributed by atoms with Gasteiger partial charge in [-0.1, -0.05) is 188 Å². The zero-order valence-electron chi connectivity index (χ0n) is 62.1. The van der Waals surface area contributed by atoms with Gasteiger partial charge in [0.15, 0.2) is 5.82 Å². The second-order valence-corrected chi connectivity index (χ2v) is 28.2. The minimum absolute atomic E-state index is 0.748. The first-order chi connectivity index (χ1) is 57.6. The predicted octanol–water partition coefficient (Wildman–Crippen LogP) is 24.6. The lowest BCUT2D eigenvalue weighted by Gasteiger charge is -2.32. The molecular formula is C100H64N16. The number of pyridine rings is 4. The predicted molar refractivity (Wildman–Crippen MR) is 466 cm³/mol. The van der Waals surface area contributed by atoms with Crippen LogP contribution in [-0.4, -0.2) is 59.8 Å². The fourth-order valence-electron chi connectivity index (χ4n) is 16.5. The van der Waals surface area contributed by atoms with Crippen molar-refractivity contribution < 1.29 is 0 Å². The van der Waals surface area contributed by atoms with Crippen LogP contribution < -0.4 is 19.6 Å². The maximum absolute atomic E-state index is 5.02. The molecule has 20 aromatic rings. The van der Waals surface area contributed by atoms with E-state index in [2.05, 4.69) is 312 Å². The highest BCUT2D eigenvalue weighted by Crippen LogP contribution is 2.55. The molecule has 0 atom stereocenters. The van der Waals surface area contributed by atoms with Crippen molar-refractivity contribution in [1.82, 2.24) is 59.8 Å². The molecule has 0 saturated carbocycles. The van der Waals surface area contributed by atoms with Crippen LogP contribution in [0.4, 0.5) is 68.5 Å². The van der Waals surface area contributed by atoms with Crippen molar-refractivity contribution in [2.45, 2.75) is 0 Å². The van der Waals surface area contributed by atoms with Crippen molar-refractivity contribution in [3.05, 3.63) is 390 Å². The van der Waals surface area contributed by atoms with Gasteiger partial charge in [-0.15, -0.1) is 0 Å². The number of rotatable bonds is 8. The standard InChI is InChI=1S/4C25H16N4/c1-2-6-17(7-3-1)19-12-18-8-4-10-23-24(18)21(13-19)22-15-27-16-28-25(22)29(23)20-9-5-11-26-14-20;1-2-6-17(7-3-1)19-12-18-8-4-10-22-24(18)21(13-19)25-23(15-27-16-28-25)29(22)20-9-5-11-26-14-20;1-2-7-17(8-3-1)18-13-21-20-10-4-5-11-23(20)29(19-9-6-12-26-15-19)25-24(21)22(14-18)27-16-28-25;1-2-7-17(8-3-1)25-27-20-10-6-12-22-23(20)24(28-25)19-9-4-5-11-21(19)29(22)18-13-15-26-16-14-18/h4*1-16H. The van der Waals surface area contributed by atoms with E-state index in [1.54, 1.807) is 37.6 Å². The van der Waals surface area contributed by atoms with Gasteiger partial charge in [0.25, 0.3) is 0 Å². The molecular weight excluding hydrogens is 1430 g/mol. The zero-order chi connectivity index (χ0) is 76.8. The van der Waals surface area contributed by atoms with Gasteiger partial charge in [0.05, 0.1) is 109 Å². The average Bonchev–Trinajstić information content (AvgIpc) is 0.742. The largest absolute Gasteiger partial charge is 0.309 e. The SMILES string of the molecule is c1ccc(-c2cc3c4c(cccc4c2)N(c2cccnc2)c2cncnc2-3)cc1.c1ccc(-c2cc3c4c(cccc4c2)N(c2cccnc2)c2ncncc2-3)cc1.c1ccc(-c2cc3c4c(ncnc4c2)N(c2cccnc2)c2ccccc2-3)cc1.c1ccc(-c2nc3c4c(cccc4n2)N(c2ccncc2)c2ccccc2-3)cc1. The van der Waals surface area contributed by atoms with E-state index in [1.807, 2.05) is 110 Å². The van der Waals surface area contributed by atoms with Crippen LogP contribution in [0.5, 0.6) is 0 Å². The van der Waals surface area contributed by atoms with Crippen LogP contribution in [0, 0.1) is 0 Å². The lowest BCUT2D eigenvalue weighted by atomic mass is 9.90. The first-order valence-electron chi connectivity index (χ1n) is 38.2. The lowest BCUT2D eigenvalue weighted by molar-refractivity contribution is 1.10. The highest BCUT2D eigenvalue weighted by atomic mass is 15.2. The Morgan fingerprint density at radius 3 is 1.30 bits per heavy atom. The summed E-state index contributed by atoms with van der Waals surface area (Å²) >= 11 is 0. The second-order valence-electron chi connectivity index (χ2n) is 28.2. The number of hydrogen-bond acceptors (Lipinski definition) is 16. The fourth-order valence-corrected chi connectivity index (χ4v) is 16.5. The van der Waals surface area contributed by atoms with Crippen molar-refractivity contribution in [1.29, 1.82) is 0 Å². The molecule has 0 unspecified atom stereocenters. The Morgan fingerprint density at radius 2 is 0.681 bits per heavy atom. The number of anilines is 12. The summed E-state index contributed by atoms with van der Waals surface area (Å²) in [6.45, 7) is 0. The number of para-hydroxylation sites is 2. The van der Waals surface area contributed by atoms with Crippen LogP contribution in [0.1, 0.15) is 0 Å². The quantitative estimate of drug-likeness (QED) is 0.141. The summed E-state index contributed by atoms with van der Waals surface area (Å²) < 4.78 is 0. The maximum Gasteiger partial charge on any atom is 0.160 e. The molecule has 4 aliphatic heterocycles. The molecule has 16 nitrogen and oxygen atoms in total. The molecule has 544 valence electrons. The number of benzene rings is 12. The van der Waals surface area contributed by atoms with Crippen LogP contribution in [-0.2, 0) is 0 Å². The Hall–Kier alpha value is -16.2. The van der Waals surface area contributed by atoms with Gasteiger partial charge < -0.3 is 9.80 Å². The summed E-state index contributed by atoms with van der Waals surface area (Å²) in [5, 5.41) is 6.93. The molecule has 12 heterocycles. The van der Waals surface area contributed by atoms with E-state index in [0.717, 1.165) is 146 Å². The maximum atomic E-state index is 5.02. The molecule has 0 radical (unpaired) electrons. The van der Waals surface area contributed by atoms with E-state index in [4.69, 9.17) is 9.97 Å². The number of nitrogens with zero attached hydrogens (tertiary/aromatic N) is 16. The molecule has 0 spiro atoms. The third-order valence-corrected chi connectivity index (χ3v) is 21.5. The first-order valence-corrected chi connectivity index (χ1v) is 38.2. The molecule has 8 aromatic heterocycles. The van der Waals surface area contributed by atoms with Gasteiger partial charge in [-0.2, -0.15) is 0 Å². The van der Waals surface area contributed by atoms with Crippen molar-refractivity contribution in [3.8, 4) is 89.5 Å². The minimum atomic E-state index is 0.748. The molecule has 0 aliphatic carbocycles. The van der Waals surface area contributed by atoms with Crippen LogP contribution >= 0.6 is 0 Å². The summed E-state index contributed by atoms with van der Waals surface area (Å²) in [4.78, 5) is 63.2. The summed E-state index contributed by atoms with van der Waals surface area (Å²) in [5.41, 5.74) is 29.2. The van der Waals surface area contributed by atoms with E-state index in [0.29, 0.717) is 0 Å². The van der Waals surface area contributed by atoms with Gasteiger partial charge in [-0.05, 0) is 177 Å².